The summed E-state index contributed by atoms with van der Waals surface area (Å²) in [6.45, 7) is 1.97. The van der Waals surface area contributed by atoms with Crippen LogP contribution in [0.2, 0.25) is 10.0 Å². The summed E-state index contributed by atoms with van der Waals surface area (Å²) in [5.74, 6) is 0.801. The molecule has 0 saturated heterocycles. The highest BCUT2D eigenvalue weighted by molar-refractivity contribution is 6.35. The summed E-state index contributed by atoms with van der Waals surface area (Å²) in [5.41, 5.74) is 1.84. The molecule has 0 aromatic heterocycles. The molecule has 0 aliphatic rings. The Morgan fingerprint density at radius 3 is 2.45 bits per heavy atom. The van der Waals surface area contributed by atoms with Gasteiger partial charge in [-0.25, -0.2) is 0 Å². The molecule has 0 radical (unpaired) electrons. The fraction of sp³-hybridized carbons (Fsp3) is 0.294. The number of aliphatic hydroxyl groups is 1. The number of ether oxygens (including phenoxy) is 1. The van der Waals surface area contributed by atoms with Gasteiger partial charge in [-0.05, 0) is 31.2 Å². The van der Waals surface area contributed by atoms with Gasteiger partial charge in [0.15, 0.2) is 0 Å². The molecule has 0 unspecified atom stereocenters. The molecule has 0 heterocycles. The second-order valence-corrected chi connectivity index (χ2v) is 5.66. The minimum Gasteiger partial charge on any atom is -0.488 e. The number of nitrogens with one attached hydrogen (secondary N) is 1. The summed E-state index contributed by atoms with van der Waals surface area (Å²) >= 11 is 12.3. The van der Waals surface area contributed by atoms with Gasteiger partial charge in [0, 0.05) is 34.3 Å². The van der Waals surface area contributed by atoms with E-state index in [-0.39, 0.29) is 6.61 Å². The third kappa shape index (κ3) is 4.89. The highest BCUT2D eigenvalue weighted by atomic mass is 35.5. The van der Waals surface area contributed by atoms with Crippen molar-refractivity contribution in [1.29, 1.82) is 0 Å². The van der Waals surface area contributed by atoms with Crippen molar-refractivity contribution < 1.29 is 9.84 Å². The van der Waals surface area contributed by atoms with Crippen molar-refractivity contribution in [1.82, 2.24) is 5.32 Å². The summed E-state index contributed by atoms with van der Waals surface area (Å²) in [6, 6.07) is 13.2. The van der Waals surface area contributed by atoms with Crippen LogP contribution in [-0.4, -0.2) is 18.3 Å². The Kier molecular flexibility index (Phi) is 7.00. The van der Waals surface area contributed by atoms with Crippen molar-refractivity contribution in [3.05, 3.63) is 63.6 Å². The van der Waals surface area contributed by atoms with Crippen LogP contribution in [0.1, 0.15) is 17.5 Å². The first-order valence-corrected chi connectivity index (χ1v) is 7.93. The predicted octanol–water partition coefficient (Wildman–Crippen LogP) is 4.04. The maximum atomic E-state index is 8.79. The van der Waals surface area contributed by atoms with Gasteiger partial charge in [-0.1, -0.05) is 47.5 Å². The van der Waals surface area contributed by atoms with E-state index in [9.17, 15) is 0 Å². The molecule has 2 rings (SSSR count). The second kappa shape index (κ2) is 9.01. The van der Waals surface area contributed by atoms with Gasteiger partial charge in [-0.15, -0.1) is 0 Å². The quantitative estimate of drug-likeness (QED) is 0.713. The number of halogens is 2. The Labute approximate surface area is 140 Å². The van der Waals surface area contributed by atoms with Gasteiger partial charge >= 0.3 is 0 Å². The molecule has 0 bridgehead atoms. The lowest BCUT2D eigenvalue weighted by Crippen LogP contribution is -2.16. The van der Waals surface area contributed by atoms with Crippen molar-refractivity contribution in [2.24, 2.45) is 0 Å². The monoisotopic (exact) mass is 339 g/mol. The van der Waals surface area contributed by atoms with Gasteiger partial charge in [0.2, 0.25) is 0 Å². The molecule has 0 aliphatic heterocycles. The molecule has 22 heavy (non-hydrogen) atoms. The van der Waals surface area contributed by atoms with E-state index >= 15 is 0 Å². The molecule has 118 valence electrons. The molecule has 0 amide bonds. The number of hydrogen-bond donors (Lipinski definition) is 2. The van der Waals surface area contributed by atoms with Crippen LogP contribution < -0.4 is 10.1 Å². The van der Waals surface area contributed by atoms with Gasteiger partial charge in [-0.2, -0.15) is 0 Å². The van der Waals surface area contributed by atoms with E-state index in [2.05, 4.69) is 5.32 Å². The third-order valence-electron chi connectivity index (χ3n) is 3.23. The lowest BCUT2D eigenvalue weighted by atomic mass is 10.2. The number of benzene rings is 2. The van der Waals surface area contributed by atoms with E-state index in [1.807, 2.05) is 30.3 Å². The van der Waals surface area contributed by atoms with Crippen LogP contribution in [0.5, 0.6) is 5.75 Å². The van der Waals surface area contributed by atoms with E-state index < -0.39 is 0 Å². The molecule has 2 aromatic carbocycles. The molecule has 0 spiro atoms. The SMILES string of the molecule is OCCCNCc1ccccc1OCc1c(Cl)cccc1Cl. The highest BCUT2D eigenvalue weighted by Gasteiger charge is 2.08. The molecule has 3 nitrogen and oxygen atoms in total. The molecule has 0 aliphatic carbocycles. The van der Waals surface area contributed by atoms with Crippen LogP contribution in [-0.2, 0) is 13.2 Å². The van der Waals surface area contributed by atoms with Crippen LogP contribution in [0.15, 0.2) is 42.5 Å². The first kappa shape index (κ1) is 17.1. The van der Waals surface area contributed by atoms with Gasteiger partial charge in [-0.3, -0.25) is 0 Å². The van der Waals surface area contributed by atoms with Crippen LogP contribution in [0.4, 0.5) is 0 Å². The van der Waals surface area contributed by atoms with Crippen LogP contribution >= 0.6 is 23.2 Å². The minimum absolute atomic E-state index is 0.191. The summed E-state index contributed by atoms with van der Waals surface area (Å²) in [5, 5.41) is 13.3. The standard InChI is InChI=1S/C17H19Cl2NO2/c18-15-6-3-7-16(19)14(15)12-22-17-8-2-1-5-13(17)11-20-9-4-10-21/h1-3,5-8,20-21H,4,9-12H2. The van der Waals surface area contributed by atoms with E-state index in [1.54, 1.807) is 12.1 Å². The van der Waals surface area contributed by atoms with Crippen molar-refractivity contribution >= 4 is 23.2 Å². The van der Waals surface area contributed by atoms with Crippen molar-refractivity contribution in [2.75, 3.05) is 13.2 Å². The smallest absolute Gasteiger partial charge is 0.124 e. The largest absolute Gasteiger partial charge is 0.488 e. The zero-order valence-corrected chi connectivity index (χ0v) is 13.7. The zero-order valence-electron chi connectivity index (χ0n) is 12.2. The summed E-state index contributed by atoms with van der Waals surface area (Å²) in [7, 11) is 0. The van der Waals surface area contributed by atoms with Gasteiger partial charge in [0.25, 0.3) is 0 Å². The fourth-order valence-electron chi connectivity index (χ4n) is 2.04. The third-order valence-corrected chi connectivity index (χ3v) is 3.94. The Bertz CT molecular complexity index is 585. The number of aliphatic hydroxyl groups excluding tert-OH is 1. The Balaban J connectivity index is 2.00. The summed E-state index contributed by atoms with van der Waals surface area (Å²) in [4.78, 5) is 0. The molecule has 0 fully saturated rings. The summed E-state index contributed by atoms with van der Waals surface area (Å²) < 4.78 is 5.88. The van der Waals surface area contributed by atoms with Gasteiger partial charge < -0.3 is 15.2 Å². The maximum absolute atomic E-state index is 8.79. The fourth-order valence-corrected chi connectivity index (χ4v) is 2.54. The number of rotatable bonds is 8. The molecular weight excluding hydrogens is 321 g/mol. The zero-order chi connectivity index (χ0) is 15.8. The Morgan fingerprint density at radius 1 is 1.00 bits per heavy atom. The Hall–Kier alpha value is -1.26. The van der Waals surface area contributed by atoms with E-state index in [0.29, 0.717) is 23.2 Å². The molecule has 0 atom stereocenters. The molecule has 2 aromatic rings. The normalized spacial score (nSPS) is 10.7. The highest BCUT2D eigenvalue weighted by Crippen LogP contribution is 2.27. The Morgan fingerprint density at radius 2 is 1.73 bits per heavy atom. The van der Waals surface area contributed by atoms with Crippen LogP contribution in [0.3, 0.4) is 0 Å². The molecule has 0 saturated carbocycles. The van der Waals surface area contributed by atoms with Crippen molar-refractivity contribution in [3.8, 4) is 5.75 Å². The van der Waals surface area contributed by atoms with Crippen LogP contribution in [0.25, 0.3) is 0 Å². The predicted molar refractivity (Wildman–Crippen MR) is 90.6 cm³/mol. The minimum atomic E-state index is 0.191. The van der Waals surface area contributed by atoms with E-state index in [0.717, 1.165) is 29.8 Å². The number of para-hydroxylation sites is 1. The molecule has 2 N–H and O–H groups in total. The van der Waals surface area contributed by atoms with E-state index in [4.69, 9.17) is 33.0 Å². The van der Waals surface area contributed by atoms with Gasteiger partial charge in [0.05, 0.1) is 0 Å². The number of hydrogen-bond acceptors (Lipinski definition) is 3. The van der Waals surface area contributed by atoms with E-state index in [1.165, 1.54) is 0 Å². The lowest BCUT2D eigenvalue weighted by molar-refractivity contribution is 0.285. The van der Waals surface area contributed by atoms with Crippen LogP contribution in [0, 0.1) is 0 Å². The topological polar surface area (TPSA) is 41.5 Å². The average Bonchev–Trinajstić information content (AvgIpc) is 2.52. The lowest BCUT2D eigenvalue weighted by Gasteiger charge is -2.13. The van der Waals surface area contributed by atoms with Gasteiger partial charge in [0.1, 0.15) is 12.4 Å². The second-order valence-electron chi connectivity index (χ2n) is 4.85. The maximum Gasteiger partial charge on any atom is 0.124 e. The first-order chi connectivity index (χ1) is 10.7. The average molecular weight is 340 g/mol. The first-order valence-electron chi connectivity index (χ1n) is 7.17. The van der Waals surface area contributed by atoms with Crippen molar-refractivity contribution in [2.45, 2.75) is 19.6 Å². The molecular formula is C17H19Cl2NO2. The van der Waals surface area contributed by atoms with Crippen molar-refractivity contribution in [3.63, 3.8) is 0 Å². The summed E-state index contributed by atoms with van der Waals surface area (Å²) in [6.07, 6.45) is 0.734. The molecule has 5 heteroatoms.